The van der Waals surface area contributed by atoms with Gasteiger partial charge in [0.25, 0.3) is 5.91 Å². The van der Waals surface area contributed by atoms with Crippen LogP contribution in [0.3, 0.4) is 0 Å². The standard InChI is InChI=1S/C22H18F4N4O3/c23-19-5-7-27-11-18(19)17-9-13(10-28-20(17)30-8-6-15(31)12-30)21(32)29-14-1-3-16(4-2-14)33-22(24,25)26/h1-5,7,9-11,15,31H,6,8,12H2,(H,29,32). The van der Waals surface area contributed by atoms with Gasteiger partial charge in [0.2, 0.25) is 0 Å². The molecule has 0 spiro atoms. The number of amides is 1. The lowest BCUT2D eigenvalue weighted by atomic mass is 10.0. The van der Waals surface area contributed by atoms with Gasteiger partial charge >= 0.3 is 6.36 Å². The number of nitrogens with zero attached hydrogens (tertiary/aromatic N) is 3. The minimum absolute atomic E-state index is 0.104. The maximum absolute atomic E-state index is 14.5. The minimum Gasteiger partial charge on any atom is -0.406 e. The number of hydrogen-bond acceptors (Lipinski definition) is 6. The van der Waals surface area contributed by atoms with Crippen molar-refractivity contribution in [3.8, 4) is 16.9 Å². The van der Waals surface area contributed by atoms with E-state index >= 15 is 0 Å². The summed E-state index contributed by atoms with van der Waals surface area (Å²) >= 11 is 0. The van der Waals surface area contributed by atoms with Crippen molar-refractivity contribution in [2.24, 2.45) is 0 Å². The van der Waals surface area contributed by atoms with E-state index in [9.17, 15) is 27.5 Å². The van der Waals surface area contributed by atoms with Crippen LogP contribution in [0.5, 0.6) is 5.75 Å². The zero-order chi connectivity index (χ0) is 23.6. The number of benzene rings is 1. The van der Waals surface area contributed by atoms with Crippen molar-refractivity contribution in [2.45, 2.75) is 18.9 Å². The number of hydrogen-bond donors (Lipinski definition) is 2. The molecule has 1 aliphatic rings. The van der Waals surface area contributed by atoms with Crippen LogP contribution >= 0.6 is 0 Å². The van der Waals surface area contributed by atoms with Crippen LogP contribution in [0.4, 0.5) is 29.1 Å². The molecule has 1 fully saturated rings. The summed E-state index contributed by atoms with van der Waals surface area (Å²) in [6, 6.07) is 7.31. The third-order valence-corrected chi connectivity index (χ3v) is 5.00. The highest BCUT2D eigenvalue weighted by molar-refractivity contribution is 6.05. The van der Waals surface area contributed by atoms with Gasteiger partial charge in [0.05, 0.1) is 11.7 Å². The highest BCUT2D eigenvalue weighted by atomic mass is 19.4. The van der Waals surface area contributed by atoms with Crippen molar-refractivity contribution >= 4 is 17.4 Å². The molecule has 172 valence electrons. The second-order valence-corrected chi connectivity index (χ2v) is 7.37. The SMILES string of the molecule is O=C(Nc1ccc(OC(F)(F)F)cc1)c1cnc(N2CCC(O)C2)c(-c2cnccc2F)c1. The number of carbonyl (C=O) groups is 1. The monoisotopic (exact) mass is 462 g/mol. The van der Waals surface area contributed by atoms with Crippen LogP contribution in [0.1, 0.15) is 16.8 Å². The number of β-amino-alcohol motifs (C(OH)–C–C–N with tert-alkyl or cyclic N) is 1. The van der Waals surface area contributed by atoms with Crippen LogP contribution in [0.25, 0.3) is 11.1 Å². The molecular formula is C22H18F4N4O3. The van der Waals surface area contributed by atoms with Crippen molar-refractivity contribution < 1.29 is 32.2 Å². The second kappa shape index (κ2) is 9.02. The Morgan fingerprint density at radius 2 is 1.91 bits per heavy atom. The largest absolute Gasteiger partial charge is 0.573 e. The Hall–Kier alpha value is -3.73. The van der Waals surface area contributed by atoms with E-state index in [1.54, 1.807) is 4.90 Å². The molecule has 7 nitrogen and oxygen atoms in total. The highest BCUT2D eigenvalue weighted by Crippen LogP contribution is 2.33. The Morgan fingerprint density at radius 3 is 2.55 bits per heavy atom. The van der Waals surface area contributed by atoms with Crippen molar-refractivity contribution in [1.29, 1.82) is 0 Å². The molecular weight excluding hydrogens is 444 g/mol. The zero-order valence-electron chi connectivity index (χ0n) is 17.0. The number of alkyl halides is 3. The summed E-state index contributed by atoms with van der Waals surface area (Å²) in [4.78, 5) is 22.9. The van der Waals surface area contributed by atoms with Gasteiger partial charge in [-0.2, -0.15) is 0 Å². The first kappa shape index (κ1) is 22.5. The van der Waals surface area contributed by atoms with Gasteiger partial charge in [0, 0.05) is 48.5 Å². The third-order valence-electron chi connectivity index (χ3n) is 5.00. The van der Waals surface area contributed by atoms with Crippen LogP contribution in [-0.2, 0) is 0 Å². The fraction of sp³-hybridized carbons (Fsp3) is 0.227. The number of aliphatic hydroxyl groups is 1. The van der Waals surface area contributed by atoms with Crippen molar-refractivity contribution in [1.82, 2.24) is 9.97 Å². The molecule has 3 aromatic rings. The predicted molar refractivity (Wildman–Crippen MR) is 111 cm³/mol. The smallest absolute Gasteiger partial charge is 0.406 e. The molecule has 1 saturated heterocycles. The van der Waals surface area contributed by atoms with Crippen molar-refractivity contribution in [2.75, 3.05) is 23.3 Å². The van der Waals surface area contributed by atoms with Gasteiger partial charge < -0.3 is 20.1 Å². The molecule has 11 heteroatoms. The Bertz CT molecular complexity index is 1160. The Morgan fingerprint density at radius 1 is 1.15 bits per heavy atom. The number of carbonyl (C=O) groups excluding carboxylic acids is 1. The van der Waals surface area contributed by atoms with Crippen molar-refractivity contribution in [3.05, 3.63) is 66.4 Å². The number of nitrogens with one attached hydrogen (secondary N) is 1. The molecule has 3 heterocycles. The van der Waals surface area contributed by atoms with E-state index < -0.39 is 29.9 Å². The summed E-state index contributed by atoms with van der Waals surface area (Å²) in [5, 5.41) is 12.4. The van der Waals surface area contributed by atoms with Crippen LogP contribution in [0, 0.1) is 5.82 Å². The average Bonchev–Trinajstić information content (AvgIpc) is 3.20. The number of ether oxygens (including phenoxy) is 1. The molecule has 0 bridgehead atoms. The zero-order valence-corrected chi connectivity index (χ0v) is 17.0. The van der Waals surface area contributed by atoms with Gasteiger partial charge in [-0.15, -0.1) is 13.2 Å². The molecule has 1 atom stereocenters. The third kappa shape index (κ3) is 5.37. The summed E-state index contributed by atoms with van der Waals surface area (Å²) in [7, 11) is 0. The molecule has 33 heavy (non-hydrogen) atoms. The molecule has 2 aromatic heterocycles. The van der Waals surface area contributed by atoms with Gasteiger partial charge in [-0.05, 0) is 42.8 Å². The minimum atomic E-state index is -4.82. The van der Waals surface area contributed by atoms with E-state index in [2.05, 4.69) is 20.0 Å². The quantitative estimate of drug-likeness (QED) is 0.558. The van der Waals surface area contributed by atoms with Gasteiger partial charge in [-0.3, -0.25) is 9.78 Å². The van der Waals surface area contributed by atoms with E-state index in [1.165, 1.54) is 42.9 Å². The summed E-state index contributed by atoms with van der Waals surface area (Å²) in [5.41, 5.74) is 0.809. The van der Waals surface area contributed by atoms with Gasteiger partial charge in [0.15, 0.2) is 0 Å². The number of anilines is 2. The van der Waals surface area contributed by atoms with Gasteiger partial charge in [-0.25, -0.2) is 9.37 Å². The molecule has 1 amide bonds. The summed E-state index contributed by atoms with van der Waals surface area (Å²) < 4.78 is 55.2. The second-order valence-electron chi connectivity index (χ2n) is 7.37. The van der Waals surface area contributed by atoms with Crippen LogP contribution in [0.15, 0.2) is 55.0 Å². The Kier molecular flexibility index (Phi) is 6.14. The first-order valence-corrected chi connectivity index (χ1v) is 9.90. The first-order chi connectivity index (χ1) is 15.7. The molecule has 1 unspecified atom stereocenters. The van der Waals surface area contributed by atoms with Crippen LogP contribution < -0.4 is 15.0 Å². The van der Waals surface area contributed by atoms with E-state index in [0.717, 1.165) is 12.1 Å². The summed E-state index contributed by atoms with van der Waals surface area (Å²) in [5.74, 6) is -1.16. The molecule has 1 aliphatic heterocycles. The molecule has 0 aliphatic carbocycles. The van der Waals surface area contributed by atoms with E-state index in [-0.39, 0.29) is 16.8 Å². The molecule has 0 radical (unpaired) electrons. The normalized spacial score (nSPS) is 16.0. The van der Waals surface area contributed by atoms with Gasteiger partial charge in [0.1, 0.15) is 17.4 Å². The first-order valence-electron chi connectivity index (χ1n) is 9.90. The maximum atomic E-state index is 14.5. The van der Waals surface area contributed by atoms with Crippen molar-refractivity contribution in [3.63, 3.8) is 0 Å². The molecule has 0 saturated carbocycles. The topological polar surface area (TPSA) is 87.6 Å². The fourth-order valence-electron chi connectivity index (χ4n) is 3.49. The summed E-state index contributed by atoms with van der Waals surface area (Å²) in [6.45, 7) is 0.834. The van der Waals surface area contributed by atoms with E-state index in [0.29, 0.717) is 30.9 Å². The summed E-state index contributed by atoms with van der Waals surface area (Å²) in [6.07, 6.45) is -0.883. The molecule has 2 N–H and O–H groups in total. The highest BCUT2D eigenvalue weighted by Gasteiger charge is 2.31. The average molecular weight is 462 g/mol. The number of halogens is 4. The van der Waals surface area contributed by atoms with E-state index in [1.807, 2.05) is 0 Å². The van der Waals surface area contributed by atoms with Crippen LogP contribution in [-0.4, -0.2) is 46.5 Å². The molecule has 1 aromatic carbocycles. The van der Waals surface area contributed by atoms with E-state index in [4.69, 9.17) is 0 Å². The lowest BCUT2D eigenvalue weighted by Gasteiger charge is -2.21. The Balaban J connectivity index is 1.61. The predicted octanol–water partition coefficient (Wildman–Crippen LogP) is 4.00. The number of pyridine rings is 2. The lowest BCUT2D eigenvalue weighted by molar-refractivity contribution is -0.274. The maximum Gasteiger partial charge on any atom is 0.573 e. The lowest BCUT2D eigenvalue weighted by Crippen LogP contribution is -2.23. The number of aliphatic hydroxyl groups excluding tert-OH is 1. The number of aromatic nitrogens is 2. The molecule has 4 rings (SSSR count). The Labute approximate surface area is 185 Å². The van der Waals surface area contributed by atoms with Gasteiger partial charge in [-0.1, -0.05) is 0 Å². The fourth-order valence-corrected chi connectivity index (χ4v) is 3.49. The number of rotatable bonds is 5. The van der Waals surface area contributed by atoms with Crippen LogP contribution in [0.2, 0.25) is 0 Å².